The highest BCUT2D eigenvalue weighted by molar-refractivity contribution is 5.91. The third-order valence-corrected chi connectivity index (χ3v) is 5.23. The van der Waals surface area contributed by atoms with Crippen molar-refractivity contribution in [1.82, 2.24) is 0 Å². The van der Waals surface area contributed by atoms with Gasteiger partial charge in [0.15, 0.2) is 0 Å². The Balaban J connectivity index is 1.50. The summed E-state index contributed by atoms with van der Waals surface area (Å²) in [6.45, 7) is 2.91. The highest BCUT2D eigenvalue weighted by Crippen LogP contribution is 2.29. The van der Waals surface area contributed by atoms with E-state index in [1.165, 1.54) is 25.7 Å². The van der Waals surface area contributed by atoms with Crippen LogP contribution in [0.4, 0.5) is 13.2 Å². The molecule has 3 aromatic carbocycles. The van der Waals surface area contributed by atoms with Crippen LogP contribution in [-0.4, -0.2) is 12.6 Å². The van der Waals surface area contributed by atoms with Crippen LogP contribution in [0.1, 0.15) is 66.1 Å². The maximum Gasteiger partial charge on any atom is 0.416 e. The number of carbonyl (C=O) groups is 1. The van der Waals surface area contributed by atoms with Gasteiger partial charge in [0.2, 0.25) is 0 Å². The Bertz CT molecular complexity index is 1140. The summed E-state index contributed by atoms with van der Waals surface area (Å²) in [5.74, 6) is 6.49. The van der Waals surface area contributed by atoms with Crippen LogP contribution in [0, 0.1) is 11.8 Å². The highest BCUT2D eigenvalue weighted by atomic mass is 19.4. The molecular formula is C29H27F3O3. The normalized spacial score (nSPS) is 10.9. The fraction of sp³-hybridized carbons (Fsp3) is 0.276. The number of hydrogen-bond acceptors (Lipinski definition) is 3. The fourth-order valence-electron chi connectivity index (χ4n) is 3.24. The van der Waals surface area contributed by atoms with Gasteiger partial charge >= 0.3 is 12.1 Å². The summed E-state index contributed by atoms with van der Waals surface area (Å²) >= 11 is 0. The van der Waals surface area contributed by atoms with Gasteiger partial charge in [-0.2, -0.15) is 13.2 Å². The fourth-order valence-corrected chi connectivity index (χ4v) is 3.24. The Labute approximate surface area is 203 Å². The van der Waals surface area contributed by atoms with Crippen LogP contribution in [0.3, 0.4) is 0 Å². The topological polar surface area (TPSA) is 35.5 Å². The molecular weight excluding hydrogens is 453 g/mol. The molecule has 0 atom stereocenters. The number of benzene rings is 3. The first kappa shape index (κ1) is 25.9. The Morgan fingerprint density at radius 1 is 0.743 bits per heavy atom. The molecule has 0 heterocycles. The van der Waals surface area contributed by atoms with Gasteiger partial charge in [0, 0.05) is 11.1 Å². The maximum absolute atomic E-state index is 12.7. The van der Waals surface area contributed by atoms with E-state index in [2.05, 4.69) is 18.8 Å². The van der Waals surface area contributed by atoms with Crippen LogP contribution < -0.4 is 9.47 Å². The van der Waals surface area contributed by atoms with Crippen LogP contribution >= 0.6 is 0 Å². The number of esters is 1. The zero-order valence-electron chi connectivity index (χ0n) is 19.5. The Morgan fingerprint density at radius 2 is 1.29 bits per heavy atom. The van der Waals surface area contributed by atoms with E-state index in [-0.39, 0.29) is 11.3 Å². The smallest absolute Gasteiger partial charge is 0.416 e. The summed E-state index contributed by atoms with van der Waals surface area (Å²) in [7, 11) is 0. The Hall–Kier alpha value is -3.72. The van der Waals surface area contributed by atoms with E-state index in [1.807, 2.05) is 24.3 Å². The zero-order chi connectivity index (χ0) is 25.1. The molecule has 0 radical (unpaired) electrons. The van der Waals surface area contributed by atoms with Crippen LogP contribution in [0.5, 0.6) is 11.5 Å². The third-order valence-electron chi connectivity index (χ3n) is 5.23. The van der Waals surface area contributed by atoms with Gasteiger partial charge in [-0.25, -0.2) is 4.79 Å². The Kier molecular flexibility index (Phi) is 9.37. The monoisotopic (exact) mass is 480 g/mol. The van der Waals surface area contributed by atoms with Crippen molar-refractivity contribution in [2.24, 2.45) is 0 Å². The second kappa shape index (κ2) is 12.7. The summed E-state index contributed by atoms with van der Waals surface area (Å²) in [6, 6.07) is 18.1. The maximum atomic E-state index is 12.7. The van der Waals surface area contributed by atoms with E-state index in [1.54, 1.807) is 24.3 Å². The minimum absolute atomic E-state index is 0.0331. The van der Waals surface area contributed by atoms with Crippen molar-refractivity contribution in [3.8, 4) is 23.3 Å². The van der Waals surface area contributed by atoms with Crippen LogP contribution in [0.25, 0.3) is 0 Å². The van der Waals surface area contributed by atoms with Crippen LogP contribution in [0.2, 0.25) is 0 Å². The first-order valence-electron chi connectivity index (χ1n) is 11.6. The van der Waals surface area contributed by atoms with Crippen molar-refractivity contribution in [3.63, 3.8) is 0 Å². The number of halogens is 3. The highest BCUT2D eigenvalue weighted by Gasteiger charge is 2.30. The predicted molar refractivity (Wildman–Crippen MR) is 130 cm³/mol. The lowest BCUT2D eigenvalue weighted by Crippen LogP contribution is -2.10. The molecule has 0 saturated carbocycles. The molecule has 6 heteroatoms. The molecule has 3 rings (SSSR count). The van der Waals surface area contributed by atoms with Crippen molar-refractivity contribution in [1.29, 1.82) is 0 Å². The standard InChI is InChI=1S/C29H27F3O3/c1-2-3-4-5-6-21-34-26-17-9-22(10-18-26)7-8-23-11-19-27(20-12-23)35-28(33)24-13-15-25(16-14-24)29(30,31)32/h9-20H,2-6,21H2,1H3. The van der Waals surface area contributed by atoms with Gasteiger partial charge in [-0.15, -0.1) is 0 Å². The van der Waals surface area contributed by atoms with Crippen molar-refractivity contribution >= 4 is 5.97 Å². The molecule has 0 bridgehead atoms. The summed E-state index contributed by atoms with van der Waals surface area (Å²) < 4.78 is 48.9. The van der Waals surface area contributed by atoms with Crippen molar-refractivity contribution < 1.29 is 27.4 Å². The SMILES string of the molecule is CCCCCCCOc1ccc(C#Cc2ccc(OC(=O)c3ccc(C(F)(F)F)cc3)cc2)cc1. The van der Waals surface area contributed by atoms with Gasteiger partial charge in [-0.05, 0) is 79.2 Å². The van der Waals surface area contributed by atoms with Gasteiger partial charge < -0.3 is 9.47 Å². The molecule has 0 aliphatic carbocycles. The van der Waals surface area contributed by atoms with Crippen molar-refractivity contribution in [2.45, 2.75) is 45.2 Å². The number of carbonyl (C=O) groups excluding carboxylic acids is 1. The van der Waals surface area contributed by atoms with Gasteiger partial charge in [0.05, 0.1) is 17.7 Å². The Morgan fingerprint density at radius 3 is 1.83 bits per heavy atom. The van der Waals surface area contributed by atoms with Gasteiger partial charge in [0.1, 0.15) is 11.5 Å². The molecule has 0 fully saturated rings. The van der Waals surface area contributed by atoms with E-state index >= 15 is 0 Å². The summed E-state index contributed by atoms with van der Waals surface area (Å²) in [5, 5.41) is 0. The first-order chi connectivity index (χ1) is 16.8. The average molecular weight is 481 g/mol. The summed E-state index contributed by atoms with van der Waals surface area (Å²) in [6.07, 6.45) is 1.53. The largest absolute Gasteiger partial charge is 0.494 e. The summed E-state index contributed by atoms with van der Waals surface area (Å²) in [5.41, 5.74) is 0.785. The minimum atomic E-state index is -4.46. The molecule has 0 unspecified atom stereocenters. The lowest BCUT2D eigenvalue weighted by atomic mass is 10.1. The molecule has 0 aromatic heterocycles. The number of unbranched alkanes of at least 4 members (excludes halogenated alkanes) is 4. The summed E-state index contributed by atoms with van der Waals surface area (Å²) in [4.78, 5) is 12.2. The molecule has 0 spiro atoms. The molecule has 0 N–H and O–H groups in total. The molecule has 0 aliphatic heterocycles. The second-order valence-corrected chi connectivity index (χ2v) is 8.03. The number of ether oxygens (including phenoxy) is 2. The molecule has 35 heavy (non-hydrogen) atoms. The van der Waals surface area contributed by atoms with Crippen LogP contribution in [0.15, 0.2) is 72.8 Å². The number of hydrogen-bond donors (Lipinski definition) is 0. The molecule has 3 nitrogen and oxygen atoms in total. The predicted octanol–water partition coefficient (Wildman–Crippen LogP) is 7.67. The number of alkyl halides is 3. The van der Waals surface area contributed by atoms with E-state index < -0.39 is 17.7 Å². The molecule has 0 saturated heterocycles. The van der Waals surface area contributed by atoms with E-state index in [4.69, 9.17) is 9.47 Å². The molecule has 0 amide bonds. The van der Waals surface area contributed by atoms with Crippen LogP contribution in [-0.2, 0) is 6.18 Å². The minimum Gasteiger partial charge on any atom is -0.494 e. The lowest BCUT2D eigenvalue weighted by molar-refractivity contribution is -0.137. The quantitative estimate of drug-likeness (QED) is 0.136. The van der Waals surface area contributed by atoms with E-state index in [0.717, 1.165) is 47.6 Å². The molecule has 0 aliphatic rings. The zero-order valence-corrected chi connectivity index (χ0v) is 19.5. The second-order valence-electron chi connectivity index (χ2n) is 8.03. The first-order valence-corrected chi connectivity index (χ1v) is 11.6. The van der Waals surface area contributed by atoms with Gasteiger partial charge in [-0.3, -0.25) is 0 Å². The van der Waals surface area contributed by atoms with Crippen molar-refractivity contribution in [3.05, 3.63) is 95.1 Å². The molecule has 182 valence electrons. The third kappa shape index (κ3) is 8.53. The lowest BCUT2D eigenvalue weighted by Gasteiger charge is -2.08. The molecule has 3 aromatic rings. The van der Waals surface area contributed by atoms with E-state index in [0.29, 0.717) is 6.61 Å². The number of rotatable bonds is 9. The van der Waals surface area contributed by atoms with Gasteiger partial charge in [-0.1, -0.05) is 44.4 Å². The van der Waals surface area contributed by atoms with Crippen molar-refractivity contribution in [2.75, 3.05) is 6.61 Å². The van der Waals surface area contributed by atoms with Gasteiger partial charge in [0.25, 0.3) is 0 Å². The van der Waals surface area contributed by atoms with E-state index in [9.17, 15) is 18.0 Å². The average Bonchev–Trinajstić information content (AvgIpc) is 2.86.